The molecule has 0 radical (unpaired) electrons. The summed E-state index contributed by atoms with van der Waals surface area (Å²) in [5.74, 6) is 0. The van der Waals surface area contributed by atoms with Gasteiger partial charge < -0.3 is 0 Å². The fourth-order valence-electron chi connectivity index (χ4n) is 2.95. The maximum Gasteiger partial charge on any atom is 0.296 e. The zero-order valence-electron chi connectivity index (χ0n) is 13.7. The lowest BCUT2D eigenvalue weighted by Gasteiger charge is -2.17. The fourth-order valence-corrected chi connectivity index (χ4v) is 4.78. The van der Waals surface area contributed by atoms with Crippen molar-refractivity contribution in [2.75, 3.05) is 0 Å². The van der Waals surface area contributed by atoms with Gasteiger partial charge in [-0.2, -0.15) is 0 Å². The highest BCUT2D eigenvalue weighted by atomic mass is 32.2. The van der Waals surface area contributed by atoms with Crippen LogP contribution in [0.1, 0.15) is 24.2 Å². The van der Waals surface area contributed by atoms with Crippen LogP contribution in [0.3, 0.4) is 0 Å². The first-order valence-electron chi connectivity index (χ1n) is 7.63. The van der Waals surface area contributed by atoms with Gasteiger partial charge in [-0.25, -0.2) is 13.1 Å². The van der Waals surface area contributed by atoms with Crippen molar-refractivity contribution in [2.24, 2.45) is 7.05 Å². The summed E-state index contributed by atoms with van der Waals surface area (Å²) in [4.78, 5) is 10.9. The van der Waals surface area contributed by atoms with Crippen LogP contribution < -0.4 is 0 Å². The molecule has 0 spiro atoms. The summed E-state index contributed by atoms with van der Waals surface area (Å²) < 4.78 is 27.4. The Morgan fingerprint density at radius 2 is 1.88 bits per heavy atom. The SMILES string of the molecule is CCC(c1ccc([N+](=O)[O-])c2c1nnn2C)S(=O)(=O)c1ccccc1. The number of hydrogen-bond acceptors (Lipinski definition) is 6. The average molecular weight is 360 g/mol. The molecule has 1 heterocycles. The van der Waals surface area contributed by atoms with Crippen LogP contribution in [0.5, 0.6) is 0 Å². The number of nitrogens with zero attached hydrogens (tertiary/aromatic N) is 4. The third kappa shape index (κ3) is 2.76. The number of aryl methyl sites for hydroxylation is 1. The van der Waals surface area contributed by atoms with Crippen molar-refractivity contribution in [1.82, 2.24) is 15.0 Å². The largest absolute Gasteiger partial charge is 0.296 e. The Bertz CT molecular complexity index is 1040. The van der Waals surface area contributed by atoms with E-state index in [-0.39, 0.29) is 21.6 Å². The second-order valence-electron chi connectivity index (χ2n) is 5.60. The Hall–Kier alpha value is -2.81. The van der Waals surface area contributed by atoms with Gasteiger partial charge in [-0.3, -0.25) is 10.1 Å². The Labute approximate surface area is 144 Å². The normalized spacial score (nSPS) is 13.0. The molecule has 0 fully saturated rings. The number of nitro groups is 1. The van der Waals surface area contributed by atoms with Crippen molar-refractivity contribution in [3.8, 4) is 0 Å². The smallest absolute Gasteiger partial charge is 0.258 e. The average Bonchev–Trinajstić information content (AvgIpc) is 2.98. The first-order valence-corrected chi connectivity index (χ1v) is 9.18. The number of rotatable bonds is 5. The molecule has 2 aromatic carbocycles. The Morgan fingerprint density at radius 1 is 1.20 bits per heavy atom. The highest BCUT2D eigenvalue weighted by Gasteiger charge is 2.32. The number of fused-ring (bicyclic) bond motifs is 1. The van der Waals surface area contributed by atoms with E-state index in [2.05, 4.69) is 10.3 Å². The summed E-state index contributed by atoms with van der Waals surface area (Å²) in [7, 11) is -2.13. The fraction of sp³-hybridized carbons (Fsp3) is 0.250. The monoisotopic (exact) mass is 360 g/mol. The van der Waals surface area contributed by atoms with E-state index in [1.165, 1.54) is 28.9 Å². The third-order valence-corrected chi connectivity index (χ3v) is 6.39. The van der Waals surface area contributed by atoms with Gasteiger partial charge in [-0.05, 0) is 24.6 Å². The number of nitro benzene ring substituents is 1. The van der Waals surface area contributed by atoms with Gasteiger partial charge in [0.2, 0.25) is 0 Å². The lowest BCUT2D eigenvalue weighted by molar-refractivity contribution is -0.383. The molecule has 8 nitrogen and oxygen atoms in total. The summed E-state index contributed by atoms with van der Waals surface area (Å²) in [6.07, 6.45) is 0.306. The quantitative estimate of drug-likeness (QED) is 0.511. The standard InChI is InChI=1S/C16H16N4O4S/c1-3-14(25(23,24)11-7-5-4-6-8-11)12-9-10-13(20(21)22)16-15(12)17-18-19(16)2/h4-10,14H,3H2,1-2H3. The van der Waals surface area contributed by atoms with Gasteiger partial charge in [-0.1, -0.05) is 30.3 Å². The summed E-state index contributed by atoms with van der Waals surface area (Å²) in [6.45, 7) is 1.76. The Morgan fingerprint density at radius 3 is 2.48 bits per heavy atom. The third-order valence-electron chi connectivity index (χ3n) is 4.12. The van der Waals surface area contributed by atoms with Gasteiger partial charge in [0.15, 0.2) is 15.4 Å². The minimum atomic E-state index is -3.67. The number of benzene rings is 2. The maximum atomic E-state index is 13.0. The van der Waals surface area contributed by atoms with Crippen molar-refractivity contribution in [1.29, 1.82) is 0 Å². The topological polar surface area (TPSA) is 108 Å². The molecule has 1 atom stereocenters. The molecule has 0 amide bonds. The molecule has 9 heteroatoms. The molecule has 0 saturated carbocycles. The van der Waals surface area contributed by atoms with Crippen LogP contribution in [0.2, 0.25) is 0 Å². The van der Waals surface area contributed by atoms with Gasteiger partial charge in [0, 0.05) is 18.7 Å². The van der Waals surface area contributed by atoms with Crippen LogP contribution in [0.25, 0.3) is 11.0 Å². The van der Waals surface area contributed by atoms with Crippen LogP contribution in [0, 0.1) is 10.1 Å². The summed E-state index contributed by atoms with van der Waals surface area (Å²) in [6, 6.07) is 10.9. The molecule has 0 aliphatic carbocycles. The number of non-ortho nitro benzene ring substituents is 1. The zero-order valence-corrected chi connectivity index (χ0v) is 14.5. The highest BCUT2D eigenvalue weighted by molar-refractivity contribution is 7.91. The van der Waals surface area contributed by atoms with E-state index < -0.39 is 20.0 Å². The summed E-state index contributed by atoms with van der Waals surface area (Å²) in [5.41, 5.74) is 0.713. The molecule has 1 aromatic heterocycles. The van der Waals surface area contributed by atoms with Gasteiger partial charge in [0.1, 0.15) is 5.52 Å². The van der Waals surface area contributed by atoms with E-state index in [4.69, 9.17) is 0 Å². The Balaban J connectivity index is 2.24. The number of sulfone groups is 1. The first kappa shape index (κ1) is 17.0. The molecule has 25 heavy (non-hydrogen) atoms. The van der Waals surface area contributed by atoms with Crippen LogP contribution in [0.4, 0.5) is 5.69 Å². The first-order chi connectivity index (χ1) is 11.9. The van der Waals surface area contributed by atoms with E-state index in [9.17, 15) is 18.5 Å². The molecule has 0 N–H and O–H groups in total. The Kier molecular flexibility index (Phi) is 4.25. The molecule has 0 bridgehead atoms. The molecule has 0 saturated heterocycles. The van der Waals surface area contributed by atoms with Crippen molar-refractivity contribution in [3.63, 3.8) is 0 Å². The lowest BCUT2D eigenvalue weighted by Crippen LogP contribution is -2.14. The van der Waals surface area contributed by atoms with E-state index in [1.54, 1.807) is 32.2 Å². The zero-order chi connectivity index (χ0) is 18.2. The number of aromatic nitrogens is 3. The summed E-state index contributed by atoms with van der Waals surface area (Å²) in [5, 5.41) is 18.2. The van der Waals surface area contributed by atoms with Gasteiger partial charge in [0.05, 0.1) is 15.1 Å². The molecule has 3 rings (SSSR count). The van der Waals surface area contributed by atoms with E-state index in [1.807, 2.05) is 0 Å². The molecule has 1 unspecified atom stereocenters. The van der Waals surface area contributed by atoms with Crippen LogP contribution in [-0.4, -0.2) is 28.3 Å². The predicted molar refractivity (Wildman–Crippen MR) is 91.8 cm³/mol. The van der Waals surface area contributed by atoms with Crippen LogP contribution in [0.15, 0.2) is 47.4 Å². The van der Waals surface area contributed by atoms with Crippen molar-refractivity contribution < 1.29 is 13.3 Å². The molecular formula is C16H16N4O4S. The van der Waals surface area contributed by atoms with Crippen molar-refractivity contribution in [3.05, 3.63) is 58.1 Å². The van der Waals surface area contributed by atoms with Gasteiger partial charge in [0.25, 0.3) is 5.69 Å². The summed E-state index contributed by atoms with van der Waals surface area (Å²) >= 11 is 0. The van der Waals surface area contributed by atoms with Crippen LogP contribution >= 0.6 is 0 Å². The number of hydrogen-bond donors (Lipinski definition) is 0. The second kappa shape index (κ2) is 6.25. The molecule has 130 valence electrons. The van der Waals surface area contributed by atoms with E-state index in [0.29, 0.717) is 12.0 Å². The predicted octanol–water partition coefficient (Wildman–Crippen LogP) is 2.80. The molecule has 0 aliphatic rings. The van der Waals surface area contributed by atoms with Gasteiger partial charge >= 0.3 is 0 Å². The van der Waals surface area contributed by atoms with Crippen molar-refractivity contribution >= 4 is 26.6 Å². The lowest BCUT2D eigenvalue weighted by atomic mass is 10.1. The van der Waals surface area contributed by atoms with Gasteiger partial charge in [-0.15, -0.1) is 5.10 Å². The maximum absolute atomic E-state index is 13.0. The minimum Gasteiger partial charge on any atom is -0.258 e. The van der Waals surface area contributed by atoms with E-state index >= 15 is 0 Å². The highest BCUT2D eigenvalue weighted by Crippen LogP contribution is 2.37. The molecule has 3 aromatic rings. The second-order valence-corrected chi connectivity index (χ2v) is 7.73. The molecular weight excluding hydrogens is 344 g/mol. The van der Waals surface area contributed by atoms with Crippen molar-refractivity contribution in [2.45, 2.75) is 23.5 Å². The van der Waals surface area contributed by atoms with E-state index in [0.717, 1.165) is 0 Å². The molecule has 0 aliphatic heterocycles. The van der Waals surface area contributed by atoms with Crippen LogP contribution in [-0.2, 0) is 16.9 Å². The minimum absolute atomic E-state index is 0.154.